The summed E-state index contributed by atoms with van der Waals surface area (Å²) in [6.07, 6.45) is 4.95. The number of guanidine groups is 1. The topological polar surface area (TPSA) is 66.0 Å². The lowest BCUT2D eigenvalue weighted by molar-refractivity contribution is -0.138. The number of methoxy groups -OCH3 is 1. The van der Waals surface area contributed by atoms with Gasteiger partial charge < -0.3 is 20.3 Å². The first-order chi connectivity index (χ1) is 13.0. The van der Waals surface area contributed by atoms with Crippen LogP contribution in [0.5, 0.6) is 5.75 Å². The molecule has 28 heavy (non-hydrogen) atoms. The second-order valence-corrected chi connectivity index (χ2v) is 7.41. The highest BCUT2D eigenvalue weighted by atomic mass is 127. The summed E-state index contributed by atoms with van der Waals surface area (Å²) in [5.74, 6) is 1.85. The van der Waals surface area contributed by atoms with Gasteiger partial charge in [-0.15, -0.1) is 24.0 Å². The number of rotatable bonds is 8. The van der Waals surface area contributed by atoms with Crippen molar-refractivity contribution in [3.63, 3.8) is 0 Å². The molecule has 1 aliphatic carbocycles. The second kappa shape index (κ2) is 12.1. The molecule has 1 aliphatic rings. The number of benzene rings is 1. The summed E-state index contributed by atoms with van der Waals surface area (Å²) >= 11 is 0. The molecular formula is C21H35IN4O2. The Balaban J connectivity index is 0.00000392. The van der Waals surface area contributed by atoms with Gasteiger partial charge in [0.1, 0.15) is 5.75 Å². The highest BCUT2D eigenvalue weighted by Crippen LogP contribution is 2.39. The van der Waals surface area contributed by atoms with Crippen molar-refractivity contribution in [1.82, 2.24) is 15.5 Å². The summed E-state index contributed by atoms with van der Waals surface area (Å²) in [5.41, 5.74) is 0.881. The number of hydrogen-bond acceptors (Lipinski definition) is 3. The van der Waals surface area contributed by atoms with Crippen LogP contribution in [-0.2, 0) is 11.2 Å². The minimum absolute atomic E-state index is 0. The summed E-state index contributed by atoms with van der Waals surface area (Å²) in [5, 5.41) is 6.68. The Hall–Kier alpha value is -1.51. The van der Waals surface area contributed by atoms with E-state index in [4.69, 9.17) is 9.73 Å². The molecule has 2 N–H and O–H groups in total. The lowest BCUT2D eigenvalue weighted by Gasteiger charge is -2.29. The molecule has 6 nitrogen and oxygen atoms in total. The number of halogens is 1. The molecule has 0 aliphatic heterocycles. The summed E-state index contributed by atoms with van der Waals surface area (Å²) < 4.78 is 5.28. The summed E-state index contributed by atoms with van der Waals surface area (Å²) in [6, 6.07) is 8.10. The van der Waals surface area contributed by atoms with Gasteiger partial charge in [0, 0.05) is 27.2 Å². The largest absolute Gasteiger partial charge is 0.497 e. The van der Waals surface area contributed by atoms with E-state index in [0.29, 0.717) is 6.54 Å². The predicted octanol–water partition coefficient (Wildman–Crippen LogP) is 3.06. The van der Waals surface area contributed by atoms with Gasteiger partial charge in [-0.05, 0) is 43.9 Å². The molecule has 158 valence electrons. The van der Waals surface area contributed by atoms with Crippen LogP contribution >= 0.6 is 24.0 Å². The van der Waals surface area contributed by atoms with Crippen molar-refractivity contribution in [3.8, 4) is 5.75 Å². The Morgan fingerprint density at radius 2 is 1.96 bits per heavy atom. The molecule has 2 rings (SSSR count). The number of nitrogens with zero attached hydrogens (tertiary/aromatic N) is 2. The third kappa shape index (κ3) is 6.83. The van der Waals surface area contributed by atoms with Crippen molar-refractivity contribution in [3.05, 3.63) is 29.8 Å². The smallest absolute Gasteiger partial charge is 0.230 e. The maximum atomic E-state index is 12.7. The molecule has 7 heteroatoms. The molecule has 1 saturated carbocycles. The van der Waals surface area contributed by atoms with Crippen LogP contribution in [0.25, 0.3) is 0 Å². The van der Waals surface area contributed by atoms with E-state index in [-0.39, 0.29) is 35.3 Å². The molecule has 0 bridgehead atoms. The second-order valence-electron chi connectivity index (χ2n) is 7.41. The highest BCUT2D eigenvalue weighted by Gasteiger charge is 2.41. The Labute approximate surface area is 186 Å². The number of carbonyl (C=O) groups is 1. The minimum Gasteiger partial charge on any atom is -0.497 e. The van der Waals surface area contributed by atoms with E-state index in [9.17, 15) is 4.79 Å². The zero-order valence-corrected chi connectivity index (χ0v) is 19.9. The van der Waals surface area contributed by atoms with Crippen LogP contribution in [0.15, 0.2) is 29.3 Å². The molecule has 0 atom stereocenters. The van der Waals surface area contributed by atoms with Gasteiger partial charge in [0.2, 0.25) is 5.91 Å². The van der Waals surface area contributed by atoms with Gasteiger partial charge in [-0.3, -0.25) is 9.79 Å². The Morgan fingerprint density at radius 1 is 1.25 bits per heavy atom. The van der Waals surface area contributed by atoms with E-state index in [1.54, 1.807) is 12.0 Å². The molecule has 0 unspecified atom stereocenters. The fourth-order valence-corrected chi connectivity index (χ4v) is 3.69. The molecule has 1 amide bonds. The molecule has 1 fully saturated rings. The predicted molar refractivity (Wildman–Crippen MR) is 126 cm³/mol. The van der Waals surface area contributed by atoms with Crippen LogP contribution in [0.2, 0.25) is 0 Å². The molecule has 1 aromatic rings. The van der Waals surface area contributed by atoms with E-state index in [1.165, 1.54) is 5.56 Å². The molecule has 0 saturated heterocycles. The van der Waals surface area contributed by atoms with Crippen molar-refractivity contribution in [2.24, 2.45) is 10.4 Å². The van der Waals surface area contributed by atoms with Gasteiger partial charge in [-0.25, -0.2) is 0 Å². The van der Waals surface area contributed by atoms with Crippen molar-refractivity contribution in [2.75, 3.05) is 40.8 Å². The average Bonchev–Trinajstić information content (AvgIpc) is 3.15. The van der Waals surface area contributed by atoms with Gasteiger partial charge in [0.15, 0.2) is 5.96 Å². The van der Waals surface area contributed by atoms with Crippen molar-refractivity contribution in [1.29, 1.82) is 0 Å². The van der Waals surface area contributed by atoms with Crippen LogP contribution in [0, 0.1) is 5.41 Å². The molecule has 0 aromatic heterocycles. The molecular weight excluding hydrogens is 467 g/mol. The number of amides is 1. The van der Waals surface area contributed by atoms with Crippen LogP contribution in [0.4, 0.5) is 0 Å². The molecule has 0 spiro atoms. The number of ether oxygens (including phenoxy) is 1. The summed E-state index contributed by atoms with van der Waals surface area (Å²) in [6.45, 7) is 4.15. The van der Waals surface area contributed by atoms with Crippen molar-refractivity contribution < 1.29 is 9.53 Å². The van der Waals surface area contributed by atoms with Crippen LogP contribution < -0.4 is 15.4 Å². The van der Waals surface area contributed by atoms with E-state index in [0.717, 1.165) is 56.9 Å². The zero-order chi connectivity index (χ0) is 19.7. The van der Waals surface area contributed by atoms with Crippen molar-refractivity contribution in [2.45, 2.75) is 39.0 Å². The third-order valence-corrected chi connectivity index (χ3v) is 5.14. The quantitative estimate of drug-likeness (QED) is 0.326. The van der Waals surface area contributed by atoms with E-state index in [1.807, 2.05) is 26.2 Å². The highest BCUT2D eigenvalue weighted by molar-refractivity contribution is 14.0. The molecule has 0 heterocycles. The fourth-order valence-electron chi connectivity index (χ4n) is 3.69. The minimum atomic E-state index is -0.335. The number of nitrogens with one attached hydrogen (secondary N) is 2. The Bertz CT molecular complexity index is 643. The number of carbonyl (C=O) groups excluding carboxylic acids is 1. The average molecular weight is 502 g/mol. The van der Waals surface area contributed by atoms with Gasteiger partial charge in [0.05, 0.1) is 19.1 Å². The van der Waals surface area contributed by atoms with Gasteiger partial charge in [0.25, 0.3) is 0 Å². The standard InChI is InChI=1S/C21H34N4O2.HI/c1-5-22-20(23-14-11-17-9-8-10-18(15-17)27-4)24-16-21(12-6-7-13-21)19(26)25(2)3;/h8-10,15H,5-7,11-14,16H2,1-4H3,(H2,22,23,24);1H. The van der Waals surface area contributed by atoms with Gasteiger partial charge >= 0.3 is 0 Å². The van der Waals surface area contributed by atoms with Gasteiger partial charge in [-0.1, -0.05) is 25.0 Å². The first-order valence-electron chi connectivity index (χ1n) is 9.87. The first kappa shape index (κ1) is 24.5. The lowest BCUT2D eigenvalue weighted by atomic mass is 9.85. The van der Waals surface area contributed by atoms with Crippen molar-refractivity contribution >= 4 is 35.8 Å². The van der Waals surface area contributed by atoms with Crippen LogP contribution in [-0.4, -0.2) is 57.6 Å². The SMILES string of the molecule is CCNC(=NCC1(C(=O)N(C)C)CCCC1)NCCc1cccc(OC)c1.I. The Kier molecular flexibility index (Phi) is 10.6. The number of aliphatic imine (C=N–C) groups is 1. The van der Waals surface area contributed by atoms with E-state index in [2.05, 4.69) is 29.7 Å². The molecule has 1 aromatic carbocycles. The van der Waals surface area contributed by atoms with Gasteiger partial charge in [-0.2, -0.15) is 0 Å². The van der Waals surface area contributed by atoms with E-state index >= 15 is 0 Å². The third-order valence-electron chi connectivity index (χ3n) is 5.14. The number of hydrogen-bond donors (Lipinski definition) is 2. The lowest BCUT2D eigenvalue weighted by Crippen LogP contribution is -2.43. The molecule has 0 radical (unpaired) electrons. The maximum absolute atomic E-state index is 12.7. The monoisotopic (exact) mass is 502 g/mol. The normalized spacial score (nSPS) is 15.5. The van der Waals surface area contributed by atoms with Crippen LogP contribution in [0.3, 0.4) is 0 Å². The summed E-state index contributed by atoms with van der Waals surface area (Å²) in [7, 11) is 5.36. The Morgan fingerprint density at radius 3 is 2.57 bits per heavy atom. The van der Waals surface area contributed by atoms with E-state index < -0.39 is 0 Å². The maximum Gasteiger partial charge on any atom is 0.230 e. The van der Waals surface area contributed by atoms with Crippen LogP contribution in [0.1, 0.15) is 38.2 Å². The summed E-state index contributed by atoms with van der Waals surface area (Å²) in [4.78, 5) is 19.2. The zero-order valence-electron chi connectivity index (χ0n) is 17.6. The fraction of sp³-hybridized carbons (Fsp3) is 0.619. The first-order valence-corrected chi connectivity index (χ1v) is 9.87.